The second-order valence-corrected chi connectivity index (χ2v) is 4.44. The number of hydrogen-bond donors (Lipinski definition) is 2. The number of carbonyl (C=O) groups excluding carboxylic acids is 1. The van der Waals surface area contributed by atoms with Crippen molar-refractivity contribution in [1.29, 1.82) is 0 Å². The smallest absolute Gasteiger partial charge is 0.387 e. The molecule has 2 N–H and O–H groups in total. The lowest BCUT2D eigenvalue weighted by Crippen LogP contribution is -2.29. The first-order valence-corrected chi connectivity index (χ1v) is 6.05. The quantitative estimate of drug-likeness (QED) is 0.745. The molecule has 0 unspecified atom stereocenters. The lowest BCUT2D eigenvalue weighted by molar-refractivity contribution is -0.0502. The second-order valence-electron chi connectivity index (χ2n) is 4.44. The molecule has 1 aliphatic carbocycles. The fourth-order valence-electron chi connectivity index (χ4n) is 1.81. The zero-order chi connectivity index (χ0) is 15.6. The third kappa shape index (κ3) is 3.60. The Morgan fingerprint density at radius 3 is 2.57 bits per heavy atom. The van der Waals surface area contributed by atoms with Crippen LogP contribution >= 0.6 is 0 Å². The number of methoxy groups -OCH3 is 1. The zero-order valence-electron chi connectivity index (χ0n) is 11.0. The van der Waals surface area contributed by atoms with Gasteiger partial charge in [0, 0.05) is 6.42 Å². The standard InChI is InChI=1S/C12H12BF3NO4/c1-20-8-2-5(13-19)3-9(21-12(15)16)10(8)11(18)17-7-4-6(7)14/h2-3,6-7,12,19H,4H2,1H3,(H,17,18)/t6-,7+/m0/s1. The van der Waals surface area contributed by atoms with E-state index < -0.39 is 30.5 Å². The van der Waals surface area contributed by atoms with Gasteiger partial charge in [0.25, 0.3) is 5.91 Å². The molecule has 0 spiro atoms. The summed E-state index contributed by atoms with van der Waals surface area (Å²) in [6, 6.07) is 1.70. The largest absolute Gasteiger partial charge is 0.496 e. The Balaban J connectivity index is 2.36. The van der Waals surface area contributed by atoms with Crippen LogP contribution in [0.4, 0.5) is 13.2 Å². The van der Waals surface area contributed by atoms with Gasteiger partial charge in [0.05, 0.1) is 13.2 Å². The number of nitrogens with one attached hydrogen (secondary N) is 1. The minimum Gasteiger partial charge on any atom is -0.496 e. The minimum absolute atomic E-state index is 0.0676. The molecule has 2 rings (SSSR count). The minimum atomic E-state index is -3.16. The molecule has 21 heavy (non-hydrogen) atoms. The third-order valence-corrected chi connectivity index (χ3v) is 2.93. The number of halogens is 3. The van der Waals surface area contributed by atoms with Crippen LogP contribution in [0, 0.1) is 0 Å². The van der Waals surface area contributed by atoms with E-state index in [0.29, 0.717) is 7.48 Å². The molecular formula is C12H12BF3NO4. The van der Waals surface area contributed by atoms with Crippen molar-refractivity contribution in [1.82, 2.24) is 5.32 Å². The molecule has 2 atom stereocenters. The van der Waals surface area contributed by atoms with E-state index >= 15 is 0 Å². The zero-order valence-corrected chi connectivity index (χ0v) is 11.0. The maximum absolute atomic E-state index is 12.8. The molecule has 0 heterocycles. The van der Waals surface area contributed by atoms with Crippen molar-refractivity contribution >= 4 is 18.9 Å². The Hall–Kier alpha value is -1.90. The van der Waals surface area contributed by atoms with Crippen molar-refractivity contribution in [3.63, 3.8) is 0 Å². The predicted octanol–water partition coefficient (Wildman–Crippen LogP) is 0.374. The summed E-state index contributed by atoms with van der Waals surface area (Å²) in [5, 5.41) is 11.3. The maximum atomic E-state index is 12.8. The monoisotopic (exact) mass is 302 g/mol. The van der Waals surface area contributed by atoms with E-state index in [-0.39, 0.29) is 23.2 Å². The summed E-state index contributed by atoms with van der Waals surface area (Å²) in [5.74, 6) is -1.31. The van der Waals surface area contributed by atoms with Gasteiger partial charge in [-0.3, -0.25) is 4.79 Å². The van der Waals surface area contributed by atoms with Crippen molar-refractivity contribution in [3.05, 3.63) is 17.7 Å². The number of amides is 1. The predicted molar refractivity (Wildman–Crippen MR) is 68.0 cm³/mol. The van der Waals surface area contributed by atoms with Gasteiger partial charge in [0.15, 0.2) is 0 Å². The Kier molecular flexibility index (Phi) is 4.61. The van der Waals surface area contributed by atoms with E-state index in [2.05, 4.69) is 10.1 Å². The summed E-state index contributed by atoms with van der Waals surface area (Å²) in [4.78, 5) is 12.1. The van der Waals surface area contributed by atoms with Crippen molar-refractivity contribution in [2.45, 2.75) is 25.2 Å². The number of benzene rings is 1. The number of alkyl halides is 3. The molecule has 113 valence electrons. The first-order valence-electron chi connectivity index (χ1n) is 6.05. The van der Waals surface area contributed by atoms with Gasteiger partial charge in [0.2, 0.25) is 0 Å². The molecular weight excluding hydrogens is 290 g/mol. The lowest BCUT2D eigenvalue weighted by Gasteiger charge is -2.15. The van der Waals surface area contributed by atoms with Crippen LogP contribution in [-0.2, 0) is 0 Å². The molecule has 1 aromatic carbocycles. The molecule has 0 aliphatic heterocycles. The molecule has 0 bridgehead atoms. The van der Waals surface area contributed by atoms with Crippen LogP contribution in [-0.4, -0.2) is 44.3 Å². The molecule has 1 saturated carbocycles. The summed E-state index contributed by atoms with van der Waals surface area (Å²) < 4.78 is 46.9. The number of ether oxygens (including phenoxy) is 2. The van der Waals surface area contributed by atoms with Gasteiger partial charge in [0.1, 0.15) is 23.2 Å². The van der Waals surface area contributed by atoms with E-state index in [9.17, 15) is 18.0 Å². The molecule has 1 radical (unpaired) electrons. The first-order chi connectivity index (χ1) is 9.96. The highest BCUT2D eigenvalue weighted by Gasteiger charge is 2.39. The molecule has 0 aromatic heterocycles. The molecule has 1 aromatic rings. The van der Waals surface area contributed by atoms with Crippen molar-refractivity contribution in [2.75, 3.05) is 7.11 Å². The van der Waals surface area contributed by atoms with Gasteiger partial charge >= 0.3 is 14.1 Å². The van der Waals surface area contributed by atoms with E-state index in [0.717, 1.165) is 6.07 Å². The highest BCUT2D eigenvalue weighted by Crippen LogP contribution is 2.31. The average Bonchev–Trinajstić information content (AvgIpc) is 3.11. The Bertz CT molecular complexity index is 543. The third-order valence-electron chi connectivity index (χ3n) is 2.93. The van der Waals surface area contributed by atoms with Crippen molar-refractivity contribution in [3.8, 4) is 11.5 Å². The molecule has 9 heteroatoms. The first kappa shape index (κ1) is 15.5. The van der Waals surface area contributed by atoms with Gasteiger partial charge in [-0.1, -0.05) is 0 Å². The summed E-state index contributed by atoms with van der Waals surface area (Å²) in [6.45, 7) is -3.16. The van der Waals surface area contributed by atoms with Gasteiger partial charge in [-0.25, -0.2) is 4.39 Å². The van der Waals surface area contributed by atoms with Crippen LogP contribution in [0.3, 0.4) is 0 Å². The fraction of sp³-hybridized carbons (Fsp3) is 0.417. The van der Waals surface area contributed by atoms with Gasteiger partial charge in [-0.15, -0.1) is 0 Å². The highest BCUT2D eigenvalue weighted by molar-refractivity contribution is 6.45. The summed E-state index contributed by atoms with van der Waals surface area (Å²) in [7, 11) is 1.88. The number of carbonyl (C=O) groups is 1. The fourth-order valence-corrected chi connectivity index (χ4v) is 1.81. The summed E-state index contributed by atoms with van der Waals surface area (Å²) in [6.07, 6.45) is -0.953. The van der Waals surface area contributed by atoms with Crippen LogP contribution in [0.25, 0.3) is 0 Å². The maximum Gasteiger partial charge on any atom is 0.387 e. The summed E-state index contributed by atoms with van der Waals surface area (Å²) >= 11 is 0. The topological polar surface area (TPSA) is 67.8 Å². The highest BCUT2D eigenvalue weighted by atomic mass is 19.3. The van der Waals surface area contributed by atoms with Crippen LogP contribution in [0.2, 0.25) is 0 Å². The molecule has 1 aliphatic rings. The van der Waals surface area contributed by atoms with E-state index in [1.165, 1.54) is 13.2 Å². The van der Waals surface area contributed by atoms with Crippen LogP contribution in [0.1, 0.15) is 16.8 Å². The van der Waals surface area contributed by atoms with Crippen molar-refractivity contribution in [2.24, 2.45) is 0 Å². The molecule has 1 amide bonds. The van der Waals surface area contributed by atoms with Crippen LogP contribution < -0.4 is 20.3 Å². The molecule has 0 saturated heterocycles. The van der Waals surface area contributed by atoms with Crippen LogP contribution in [0.5, 0.6) is 11.5 Å². The van der Waals surface area contributed by atoms with Gasteiger partial charge < -0.3 is 19.8 Å². The lowest BCUT2D eigenvalue weighted by atomic mass is 9.87. The molecule has 5 nitrogen and oxygen atoms in total. The Morgan fingerprint density at radius 1 is 1.48 bits per heavy atom. The molecule has 1 fully saturated rings. The normalized spacial score (nSPS) is 20.1. The Labute approximate surface area is 119 Å². The number of rotatable bonds is 6. The number of hydrogen-bond acceptors (Lipinski definition) is 4. The van der Waals surface area contributed by atoms with E-state index in [1.807, 2.05) is 0 Å². The summed E-state index contributed by atoms with van der Waals surface area (Å²) in [5.41, 5.74) is -0.156. The van der Waals surface area contributed by atoms with E-state index in [4.69, 9.17) is 9.76 Å². The van der Waals surface area contributed by atoms with E-state index in [1.54, 1.807) is 0 Å². The SMILES string of the molecule is COc1cc([B]O)cc(OC(F)F)c1C(=O)N[C@@H]1C[C@@H]1F. The van der Waals surface area contributed by atoms with Crippen molar-refractivity contribution < 1.29 is 32.5 Å². The second kappa shape index (κ2) is 6.25. The van der Waals surface area contributed by atoms with Gasteiger partial charge in [-0.2, -0.15) is 8.78 Å². The van der Waals surface area contributed by atoms with Crippen LogP contribution in [0.15, 0.2) is 12.1 Å². The van der Waals surface area contributed by atoms with Gasteiger partial charge in [-0.05, 0) is 17.6 Å². The Morgan fingerprint density at radius 2 is 2.10 bits per heavy atom. The average molecular weight is 302 g/mol.